The molecule has 6 heteroatoms. The van der Waals surface area contributed by atoms with E-state index in [2.05, 4.69) is 65.8 Å². The minimum absolute atomic E-state index is 0.0193. The van der Waals surface area contributed by atoms with E-state index in [1.807, 2.05) is 4.90 Å². The molecule has 2 aliphatic heterocycles. The van der Waals surface area contributed by atoms with Gasteiger partial charge in [-0.1, -0.05) is 38.1 Å². The van der Waals surface area contributed by atoms with E-state index in [4.69, 9.17) is 0 Å². The van der Waals surface area contributed by atoms with Crippen molar-refractivity contribution in [3.05, 3.63) is 35.4 Å². The molecule has 2 aliphatic rings. The number of hydrogen-bond acceptors (Lipinski definition) is 5. The quantitative estimate of drug-likeness (QED) is 0.733. The van der Waals surface area contributed by atoms with Crippen molar-refractivity contribution < 1.29 is 4.79 Å². The van der Waals surface area contributed by atoms with Crippen molar-refractivity contribution >= 4 is 5.91 Å². The monoisotopic (exact) mass is 397 g/mol. The first-order chi connectivity index (χ1) is 14.0. The number of hydrogen-bond donors (Lipinski definition) is 0. The van der Waals surface area contributed by atoms with E-state index >= 15 is 0 Å². The van der Waals surface area contributed by atoms with Gasteiger partial charge in [0.05, 0.1) is 12.6 Å². The van der Waals surface area contributed by atoms with Gasteiger partial charge in [-0.05, 0) is 24.0 Å². The molecule has 2 fully saturated rings. The van der Waals surface area contributed by atoms with Crippen molar-refractivity contribution in [2.75, 3.05) is 58.9 Å². The number of benzene rings is 1. The van der Waals surface area contributed by atoms with Gasteiger partial charge < -0.3 is 4.90 Å². The Bertz CT molecular complexity index is 712. The molecule has 0 bridgehead atoms. The Kier molecular flexibility index (Phi) is 7.65. The van der Waals surface area contributed by atoms with Gasteiger partial charge in [0.15, 0.2) is 0 Å². The Morgan fingerprint density at radius 3 is 2.21 bits per heavy atom. The van der Waals surface area contributed by atoms with Crippen LogP contribution in [0.25, 0.3) is 0 Å². The zero-order valence-corrected chi connectivity index (χ0v) is 18.2. The van der Waals surface area contributed by atoms with E-state index in [0.29, 0.717) is 12.5 Å². The van der Waals surface area contributed by atoms with Crippen molar-refractivity contribution in [1.82, 2.24) is 19.6 Å². The lowest BCUT2D eigenvalue weighted by Gasteiger charge is -2.39. The normalized spacial score (nSPS) is 20.6. The van der Waals surface area contributed by atoms with Crippen LogP contribution in [0.3, 0.4) is 0 Å². The predicted molar refractivity (Wildman–Crippen MR) is 115 cm³/mol. The lowest BCUT2D eigenvalue weighted by molar-refractivity contribution is -0.134. The molecule has 0 aliphatic carbocycles. The minimum Gasteiger partial charge on any atom is -0.339 e. The molecule has 0 aromatic heterocycles. The Morgan fingerprint density at radius 1 is 1.00 bits per heavy atom. The maximum Gasteiger partial charge on any atom is 0.236 e. The van der Waals surface area contributed by atoms with E-state index in [9.17, 15) is 10.1 Å². The minimum atomic E-state index is -0.0193. The van der Waals surface area contributed by atoms with Gasteiger partial charge in [0.25, 0.3) is 0 Å². The molecule has 0 spiro atoms. The average molecular weight is 398 g/mol. The number of aryl methyl sites for hydroxylation is 1. The molecule has 2 saturated heterocycles. The first-order valence-electron chi connectivity index (χ1n) is 10.9. The fourth-order valence-electron chi connectivity index (χ4n) is 4.33. The molecule has 1 aromatic rings. The summed E-state index contributed by atoms with van der Waals surface area (Å²) >= 11 is 0. The molecule has 1 atom stereocenters. The second-order valence-corrected chi connectivity index (χ2v) is 8.71. The van der Waals surface area contributed by atoms with Gasteiger partial charge in [0.1, 0.15) is 6.04 Å². The fourth-order valence-corrected chi connectivity index (χ4v) is 4.33. The number of piperazine rings is 2. The van der Waals surface area contributed by atoms with Crippen LogP contribution < -0.4 is 0 Å². The summed E-state index contributed by atoms with van der Waals surface area (Å²) in [6.07, 6.45) is 0. The van der Waals surface area contributed by atoms with Gasteiger partial charge in [-0.2, -0.15) is 5.26 Å². The molecule has 1 aromatic carbocycles. The largest absolute Gasteiger partial charge is 0.339 e. The van der Waals surface area contributed by atoms with Crippen molar-refractivity contribution in [2.24, 2.45) is 5.92 Å². The maximum atomic E-state index is 12.8. The molecule has 1 amide bonds. The molecule has 29 heavy (non-hydrogen) atoms. The lowest BCUT2D eigenvalue weighted by atomic mass is 10.0. The highest BCUT2D eigenvalue weighted by molar-refractivity contribution is 5.78. The number of nitrogens with zero attached hydrogens (tertiary/aromatic N) is 5. The first-order valence-corrected chi connectivity index (χ1v) is 10.9. The van der Waals surface area contributed by atoms with Gasteiger partial charge >= 0.3 is 0 Å². The van der Waals surface area contributed by atoms with Crippen molar-refractivity contribution in [2.45, 2.75) is 33.4 Å². The second-order valence-electron chi connectivity index (χ2n) is 8.71. The molecule has 0 radical (unpaired) electrons. The van der Waals surface area contributed by atoms with Crippen LogP contribution in [-0.2, 0) is 11.3 Å². The molecule has 0 unspecified atom stereocenters. The SMILES string of the molecule is Cc1ccccc1CN1CCN(C(=O)CN2CCN([C@@H](C#N)C(C)C)CC2)CC1. The molecule has 6 nitrogen and oxygen atoms in total. The molecule has 3 rings (SSSR count). The van der Waals surface area contributed by atoms with Gasteiger partial charge in [-0.25, -0.2) is 0 Å². The third kappa shape index (κ3) is 5.79. The highest BCUT2D eigenvalue weighted by Gasteiger charge is 2.28. The van der Waals surface area contributed by atoms with E-state index in [-0.39, 0.29) is 11.9 Å². The van der Waals surface area contributed by atoms with Crippen LogP contribution in [-0.4, -0.2) is 90.5 Å². The van der Waals surface area contributed by atoms with Crippen molar-refractivity contribution in [1.29, 1.82) is 5.26 Å². The van der Waals surface area contributed by atoms with Crippen molar-refractivity contribution in [3.63, 3.8) is 0 Å². The third-order valence-corrected chi connectivity index (χ3v) is 6.30. The maximum absolute atomic E-state index is 12.8. The Labute approximate surface area is 175 Å². The Morgan fingerprint density at radius 2 is 1.62 bits per heavy atom. The Balaban J connectivity index is 1.40. The van der Waals surface area contributed by atoms with Gasteiger partial charge in [0, 0.05) is 58.9 Å². The van der Waals surface area contributed by atoms with E-state index in [0.717, 1.165) is 58.9 Å². The number of nitriles is 1. The molecule has 2 heterocycles. The van der Waals surface area contributed by atoms with E-state index < -0.39 is 0 Å². The number of carbonyl (C=O) groups is 1. The van der Waals surface area contributed by atoms with Crippen LogP contribution in [0.4, 0.5) is 0 Å². The lowest BCUT2D eigenvalue weighted by Crippen LogP contribution is -2.55. The van der Waals surface area contributed by atoms with Gasteiger partial charge in [-0.3, -0.25) is 19.5 Å². The summed E-state index contributed by atoms with van der Waals surface area (Å²) in [5.74, 6) is 0.582. The average Bonchev–Trinajstić information content (AvgIpc) is 2.72. The molecular formula is C23H35N5O. The van der Waals surface area contributed by atoms with Crippen LogP contribution in [0.1, 0.15) is 25.0 Å². The standard InChI is InChI=1S/C23H35N5O/c1-19(2)22(16-24)27-12-8-26(9-13-27)18-23(29)28-14-10-25(11-15-28)17-21-7-5-4-6-20(21)3/h4-7,19,22H,8-15,17-18H2,1-3H3/t22-/m0/s1. The molecule has 158 valence electrons. The third-order valence-electron chi connectivity index (χ3n) is 6.30. The van der Waals surface area contributed by atoms with Crippen LogP contribution >= 0.6 is 0 Å². The van der Waals surface area contributed by atoms with Crippen LogP contribution in [0.5, 0.6) is 0 Å². The van der Waals surface area contributed by atoms with Gasteiger partial charge in [-0.15, -0.1) is 0 Å². The number of rotatable bonds is 6. The molecule has 0 N–H and O–H groups in total. The van der Waals surface area contributed by atoms with Crippen LogP contribution in [0, 0.1) is 24.2 Å². The molecule has 0 saturated carbocycles. The topological polar surface area (TPSA) is 53.8 Å². The zero-order chi connectivity index (χ0) is 20.8. The summed E-state index contributed by atoms with van der Waals surface area (Å²) in [7, 11) is 0. The smallest absolute Gasteiger partial charge is 0.236 e. The van der Waals surface area contributed by atoms with E-state index in [1.54, 1.807) is 0 Å². The van der Waals surface area contributed by atoms with Crippen molar-refractivity contribution in [3.8, 4) is 6.07 Å². The van der Waals surface area contributed by atoms with Gasteiger partial charge in [0.2, 0.25) is 5.91 Å². The molecular weight excluding hydrogens is 362 g/mol. The van der Waals surface area contributed by atoms with Crippen LogP contribution in [0.15, 0.2) is 24.3 Å². The summed E-state index contributed by atoms with van der Waals surface area (Å²) in [6, 6.07) is 11.0. The summed E-state index contributed by atoms with van der Waals surface area (Å²) in [6.45, 7) is 14.8. The summed E-state index contributed by atoms with van der Waals surface area (Å²) in [5, 5.41) is 9.39. The van der Waals surface area contributed by atoms with Crippen LogP contribution in [0.2, 0.25) is 0 Å². The fraction of sp³-hybridized carbons (Fsp3) is 0.652. The zero-order valence-electron chi connectivity index (χ0n) is 18.2. The summed E-state index contributed by atoms with van der Waals surface area (Å²) in [5.41, 5.74) is 2.71. The number of amides is 1. The first kappa shape index (κ1) is 21.8. The highest BCUT2D eigenvalue weighted by Crippen LogP contribution is 2.15. The summed E-state index contributed by atoms with van der Waals surface area (Å²) in [4.78, 5) is 21.7. The Hall–Kier alpha value is -1.94. The predicted octanol–water partition coefficient (Wildman–Crippen LogP) is 1.81. The van der Waals surface area contributed by atoms with E-state index in [1.165, 1.54) is 11.1 Å². The summed E-state index contributed by atoms with van der Waals surface area (Å²) < 4.78 is 0. The second kappa shape index (κ2) is 10.2. The number of carbonyl (C=O) groups excluding carboxylic acids is 1. The highest BCUT2D eigenvalue weighted by atomic mass is 16.2.